The standard InChI is InChI=1S/C25H27N5O3/c1-33-22-10-4-8-19(14-22)24(31)30-12-5-9-21(30)16-29-17-23(26-27-29)25(32)28-13-11-18-6-2-3-7-20(18)15-28/h2-4,6-8,10,14,17,21H,5,9,11-13,15-16H2,1H3/t21-/m0/s1. The maximum atomic E-state index is 13.1. The number of hydrogen-bond donors (Lipinski definition) is 0. The van der Waals surface area contributed by atoms with E-state index in [-0.39, 0.29) is 17.9 Å². The van der Waals surface area contributed by atoms with Crippen LogP contribution in [-0.2, 0) is 19.5 Å². The van der Waals surface area contributed by atoms with Crippen molar-refractivity contribution < 1.29 is 14.3 Å². The third kappa shape index (κ3) is 4.33. The van der Waals surface area contributed by atoms with E-state index in [0.29, 0.717) is 43.2 Å². The van der Waals surface area contributed by atoms with Gasteiger partial charge in [0.25, 0.3) is 11.8 Å². The van der Waals surface area contributed by atoms with E-state index in [9.17, 15) is 9.59 Å². The van der Waals surface area contributed by atoms with E-state index < -0.39 is 0 Å². The predicted molar refractivity (Wildman–Crippen MR) is 122 cm³/mol. The first-order valence-corrected chi connectivity index (χ1v) is 11.3. The Hall–Kier alpha value is -3.68. The summed E-state index contributed by atoms with van der Waals surface area (Å²) in [5.41, 5.74) is 3.44. The van der Waals surface area contributed by atoms with Crippen LogP contribution in [-0.4, -0.2) is 62.8 Å². The molecule has 0 bridgehead atoms. The first-order valence-electron chi connectivity index (χ1n) is 11.3. The van der Waals surface area contributed by atoms with Crippen molar-refractivity contribution in [2.75, 3.05) is 20.2 Å². The highest BCUT2D eigenvalue weighted by atomic mass is 16.5. The Morgan fingerprint density at radius 1 is 1.06 bits per heavy atom. The summed E-state index contributed by atoms with van der Waals surface area (Å²) in [6.07, 6.45) is 4.38. The van der Waals surface area contributed by atoms with Gasteiger partial charge in [-0.25, -0.2) is 4.68 Å². The minimum absolute atomic E-state index is 0.00946. The molecule has 0 radical (unpaired) electrons. The molecule has 0 N–H and O–H groups in total. The van der Waals surface area contributed by atoms with Crippen LogP contribution in [0.25, 0.3) is 0 Å². The fourth-order valence-corrected chi connectivity index (χ4v) is 4.75. The number of methoxy groups -OCH3 is 1. The van der Waals surface area contributed by atoms with Crippen molar-refractivity contribution in [2.45, 2.75) is 38.4 Å². The van der Waals surface area contributed by atoms with Gasteiger partial charge in [-0.15, -0.1) is 5.10 Å². The Labute approximate surface area is 192 Å². The van der Waals surface area contributed by atoms with Crippen molar-refractivity contribution in [2.24, 2.45) is 0 Å². The summed E-state index contributed by atoms with van der Waals surface area (Å²) in [4.78, 5) is 29.8. The zero-order chi connectivity index (χ0) is 22.8. The molecule has 0 saturated carbocycles. The molecule has 5 rings (SSSR count). The van der Waals surface area contributed by atoms with Crippen molar-refractivity contribution in [3.8, 4) is 5.75 Å². The predicted octanol–water partition coefficient (Wildman–Crippen LogP) is 2.79. The summed E-state index contributed by atoms with van der Waals surface area (Å²) >= 11 is 0. The second-order valence-corrected chi connectivity index (χ2v) is 8.60. The van der Waals surface area contributed by atoms with Crippen molar-refractivity contribution in [3.63, 3.8) is 0 Å². The van der Waals surface area contributed by atoms with Gasteiger partial charge < -0.3 is 14.5 Å². The molecule has 0 spiro atoms. The zero-order valence-electron chi connectivity index (χ0n) is 18.7. The number of rotatable bonds is 5. The molecule has 8 nitrogen and oxygen atoms in total. The van der Waals surface area contributed by atoms with Crippen molar-refractivity contribution in [3.05, 3.63) is 77.1 Å². The van der Waals surface area contributed by atoms with Crippen LogP contribution in [0.1, 0.15) is 44.8 Å². The molecule has 1 saturated heterocycles. The first kappa shape index (κ1) is 21.2. The third-order valence-electron chi connectivity index (χ3n) is 6.53. The number of benzene rings is 2. The Morgan fingerprint density at radius 2 is 1.91 bits per heavy atom. The maximum absolute atomic E-state index is 13.1. The molecule has 2 aromatic carbocycles. The molecular weight excluding hydrogens is 418 g/mol. The SMILES string of the molecule is COc1cccc(C(=O)N2CCC[C@H]2Cn2cc(C(=O)N3CCc4ccccc4C3)nn2)c1. The molecule has 1 atom stereocenters. The third-order valence-corrected chi connectivity index (χ3v) is 6.53. The fourth-order valence-electron chi connectivity index (χ4n) is 4.75. The number of carbonyl (C=O) groups excluding carboxylic acids is 2. The van der Waals surface area contributed by atoms with E-state index >= 15 is 0 Å². The van der Waals surface area contributed by atoms with Crippen molar-refractivity contribution in [1.82, 2.24) is 24.8 Å². The number of nitrogens with zero attached hydrogens (tertiary/aromatic N) is 5. The van der Waals surface area contributed by atoms with E-state index in [1.807, 2.05) is 40.1 Å². The zero-order valence-corrected chi connectivity index (χ0v) is 18.7. The van der Waals surface area contributed by atoms with E-state index in [1.165, 1.54) is 11.1 Å². The lowest BCUT2D eigenvalue weighted by molar-refractivity contribution is 0.0714. The number of hydrogen-bond acceptors (Lipinski definition) is 5. The summed E-state index contributed by atoms with van der Waals surface area (Å²) in [6.45, 7) is 2.48. The average Bonchev–Trinajstić information content (AvgIpc) is 3.53. The van der Waals surface area contributed by atoms with Gasteiger partial charge in [0.05, 0.1) is 25.9 Å². The molecule has 33 heavy (non-hydrogen) atoms. The second kappa shape index (κ2) is 9.05. The maximum Gasteiger partial charge on any atom is 0.276 e. The van der Waals surface area contributed by atoms with Crippen molar-refractivity contribution in [1.29, 1.82) is 0 Å². The van der Waals surface area contributed by atoms with Crippen molar-refractivity contribution >= 4 is 11.8 Å². The Balaban J connectivity index is 1.25. The lowest BCUT2D eigenvalue weighted by Crippen LogP contribution is -2.38. The second-order valence-electron chi connectivity index (χ2n) is 8.60. The van der Waals surface area contributed by atoms with Crippen LogP contribution in [0.5, 0.6) is 5.75 Å². The number of aromatic nitrogens is 3. The van der Waals surface area contributed by atoms with Gasteiger partial charge in [0.15, 0.2) is 5.69 Å². The lowest BCUT2D eigenvalue weighted by Gasteiger charge is -2.28. The molecule has 2 aliphatic heterocycles. The van der Waals surface area contributed by atoms with Crippen LogP contribution in [0.3, 0.4) is 0 Å². The average molecular weight is 446 g/mol. The molecule has 1 fully saturated rings. The molecule has 0 aliphatic carbocycles. The molecule has 1 aromatic heterocycles. The van der Waals surface area contributed by atoms with Gasteiger partial charge in [-0.3, -0.25) is 9.59 Å². The molecule has 170 valence electrons. The monoisotopic (exact) mass is 445 g/mol. The number of fused-ring (bicyclic) bond motifs is 1. The molecule has 3 heterocycles. The highest BCUT2D eigenvalue weighted by Gasteiger charge is 2.31. The van der Waals surface area contributed by atoms with Crippen LogP contribution in [0.2, 0.25) is 0 Å². The van der Waals surface area contributed by atoms with Crippen LogP contribution in [0.15, 0.2) is 54.7 Å². The molecule has 2 aliphatic rings. The molecule has 0 unspecified atom stereocenters. The van der Waals surface area contributed by atoms with Crippen LogP contribution < -0.4 is 4.74 Å². The van der Waals surface area contributed by atoms with E-state index in [1.54, 1.807) is 24.1 Å². The summed E-state index contributed by atoms with van der Waals surface area (Å²) in [5, 5.41) is 8.34. The number of ether oxygens (including phenoxy) is 1. The molecule has 8 heteroatoms. The Kier molecular flexibility index (Phi) is 5.81. The van der Waals surface area contributed by atoms with Gasteiger partial charge in [-0.05, 0) is 48.6 Å². The topological polar surface area (TPSA) is 80.6 Å². The van der Waals surface area contributed by atoms with Gasteiger partial charge in [0.1, 0.15) is 5.75 Å². The van der Waals surface area contributed by atoms with Crippen LogP contribution >= 0.6 is 0 Å². The Morgan fingerprint density at radius 3 is 2.76 bits per heavy atom. The Bertz CT molecular complexity index is 1170. The van der Waals surface area contributed by atoms with E-state index in [0.717, 1.165) is 19.3 Å². The summed E-state index contributed by atoms with van der Waals surface area (Å²) in [7, 11) is 1.59. The lowest BCUT2D eigenvalue weighted by atomic mass is 10.00. The number of likely N-dealkylation sites (tertiary alicyclic amines) is 1. The molecular formula is C25H27N5O3. The van der Waals surface area contributed by atoms with Gasteiger partial charge >= 0.3 is 0 Å². The summed E-state index contributed by atoms with van der Waals surface area (Å²) in [5.74, 6) is 0.544. The molecule has 2 amide bonds. The first-order chi connectivity index (χ1) is 16.1. The van der Waals surface area contributed by atoms with E-state index in [4.69, 9.17) is 4.74 Å². The minimum Gasteiger partial charge on any atom is -0.497 e. The number of amides is 2. The fraction of sp³-hybridized carbons (Fsp3) is 0.360. The van der Waals surface area contributed by atoms with Gasteiger partial charge in [-0.2, -0.15) is 0 Å². The molecule has 3 aromatic rings. The smallest absolute Gasteiger partial charge is 0.276 e. The van der Waals surface area contributed by atoms with Crippen LogP contribution in [0.4, 0.5) is 0 Å². The number of carbonyl (C=O) groups is 2. The largest absolute Gasteiger partial charge is 0.497 e. The van der Waals surface area contributed by atoms with Gasteiger partial charge in [0.2, 0.25) is 0 Å². The van der Waals surface area contributed by atoms with Gasteiger partial charge in [-0.1, -0.05) is 35.5 Å². The van der Waals surface area contributed by atoms with Gasteiger partial charge in [0, 0.05) is 25.2 Å². The minimum atomic E-state index is -0.105. The summed E-state index contributed by atoms with van der Waals surface area (Å²) in [6, 6.07) is 15.5. The normalized spacial score (nSPS) is 17.7. The highest BCUT2D eigenvalue weighted by molar-refractivity contribution is 5.95. The van der Waals surface area contributed by atoms with Crippen LogP contribution in [0, 0.1) is 0 Å². The quantitative estimate of drug-likeness (QED) is 0.603. The summed E-state index contributed by atoms with van der Waals surface area (Å²) < 4.78 is 6.94. The highest BCUT2D eigenvalue weighted by Crippen LogP contribution is 2.24. The van der Waals surface area contributed by atoms with E-state index in [2.05, 4.69) is 22.4 Å².